The van der Waals surface area contributed by atoms with Crippen LogP contribution in [0.5, 0.6) is 0 Å². The van der Waals surface area contributed by atoms with Crippen molar-refractivity contribution in [3.63, 3.8) is 0 Å². The molecule has 1 aromatic carbocycles. The Balaban J connectivity index is 1.86. The second kappa shape index (κ2) is 7.64. The zero-order chi connectivity index (χ0) is 16.2. The summed E-state index contributed by atoms with van der Waals surface area (Å²) >= 11 is 2.36. The zero-order valence-electron chi connectivity index (χ0n) is 13.6. The number of hydrogen-bond acceptors (Lipinski definition) is 3. The van der Waals surface area contributed by atoms with Crippen molar-refractivity contribution in [1.82, 2.24) is 10.2 Å². The normalized spacial score (nSPS) is 19.1. The molecule has 1 atom stereocenters. The van der Waals surface area contributed by atoms with Gasteiger partial charge in [0.05, 0.1) is 0 Å². The fraction of sp³-hybridized carbons (Fsp3) is 0.588. The van der Waals surface area contributed by atoms with Crippen molar-refractivity contribution in [3.8, 4) is 0 Å². The number of hydrogen-bond donors (Lipinski definition) is 1. The van der Waals surface area contributed by atoms with Crippen LogP contribution in [0.25, 0.3) is 0 Å². The molecular weight excluding hydrogens is 391 g/mol. The Morgan fingerprint density at radius 3 is 2.82 bits per heavy atom. The van der Waals surface area contributed by atoms with Crippen LogP contribution in [0.4, 0.5) is 4.79 Å². The molecule has 0 radical (unpaired) electrons. The highest BCUT2D eigenvalue weighted by molar-refractivity contribution is 14.1. The molecule has 1 N–H and O–H groups in total. The number of carbonyl (C=O) groups excluding carboxylic acids is 1. The van der Waals surface area contributed by atoms with Gasteiger partial charge in [-0.25, -0.2) is 4.79 Å². The number of carbonyl (C=O) groups is 1. The molecule has 0 saturated carbocycles. The Hall–Kier alpha value is -0.820. The molecule has 0 aliphatic carbocycles. The van der Waals surface area contributed by atoms with E-state index < -0.39 is 5.60 Å². The number of piperidine rings is 1. The minimum atomic E-state index is -0.433. The van der Waals surface area contributed by atoms with E-state index in [9.17, 15) is 4.79 Å². The van der Waals surface area contributed by atoms with Crippen LogP contribution in [0.3, 0.4) is 0 Å². The van der Waals surface area contributed by atoms with Crippen molar-refractivity contribution in [2.75, 3.05) is 13.1 Å². The van der Waals surface area contributed by atoms with E-state index in [1.54, 1.807) is 0 Å². The van der Waals surface area contributed by atoms with Gasteiger partial charge >= 0.3 is 6.09 Å². The second-order valence-corrected chi connectivity index (χ2v) is 7.90. The number of rotatable bonds is 3. The molecule has 1 amide bonds. The number of halogens is 1. The summed E-state index contributed by atoms with van der Waals surface area (Å²) in [5.74, 6) is 0. The van der Waals surface area contributed by atoms with Gasteiger partial charge in [0.25, 0.3) is 0 Å². The third kappa shape index (κ3) is 5.43. The minimum Gasteiger partial charge on any atom is -0.444 e. The van der Waals surface area contributed by atoms with Gasteiger partial charge in [-0.2, -0.15) is 0 Å². The Morgan fingerprint density at radius 1 is 1.41 bits per heavy atom. The Bertz CT molecular complexity index is 514. The van der Waals surface area contributed by atoms with Crippen molar-refractivity contribution in [3.05, 3.63) is 33.4 Å². The molecule has 1 aliphatic heterocycles. The lowest BCUT2D eigenvalue weighted by Gasteiger charge is -2.34. The second-order valence-electron chi connectivity index (χ2n) is 6.74. The van der Waals surface area contributed by atoms with Crippen LogP contribution in [-0.4, -0.2) is 35.7 Å². The third-order valence-electron chi connectivity index (χ3n) is 3.61. The van der Waals surface area contributed by atoms with Crippen molar-refractivity contribution in [2.45, 2.75) is 51.8 Å². The van der Waals surface area contributed by atoms with Crippen molar-refractivity contribution < 1.29 is 9.53 Å². The lowest BCUT2D eigenvalue weighted by Crippen LogP contribution is -2.49. The lowest BCUT2D eigenvalue weighted by atomic mass is 10.1. The summed E-state index contributed by atoms with van der Waals surface area (Å²) in [4.78, 5) is 14.0. The van der Waals surface area contributed by atoms with Crippen molar-refractivity contribution in [2.24, 2.45) is 0 Å². The van der Waals surface area contributed by atoms with Crippen LogP contribution in [0.1, 0.15) is 39.2 Å². The molecule has 1 unspecified atom stereocenters. The first kappa shape index (κ1) is 17.5. The number of benzene rings is 1. The van der Waals surface area contributed by atoms with E-state index in [0.29, 0.717) is 6.04 Å². The topological polar surface area (TPSA) is 41.6 Å². The van der Waals surface area contributed by atoms with E-state index in [1.165, 1.54) is 9.13 Å². The maximum atomic E-state index is 12.2. The molecule has 4 nitrogen and oxygen atoms in total. The van der Waals surface area contributed by atoms with E-state index in [1.807, 2.05) is 25.7 Å². The van der Waals surface area contributed by atoms with E-state index in [0.717, 1.165) is 32.5 Å². The highest BCUT2D eigenvalue weighted by Crippen LogP contribution is 2.17. The molecule has 2 rings (SSSR count). The van der Waals surface area contributed by atoms with Gasteiger partial charge in [0.2, 0.25) is 0 Å². The summed E-state index contributed by atoms with van der Waals surface area (Å²) in [7, 11) is 0. The van der Waals surface area contributed by atoms with Gasteiger partial charge in [0.1, 0.15) is 5.60 Å². The zero-order valence-corrected chi connectivity index (χ0v) is 15.7. The van der Waals surface area contributed by atoms with Crippen LogP contribution in [0, 0.1) is 3.57 Å². The monoisotopic (exact) mass is 416 g/mol. The summed E-state index contributed by atoms with van der Waals surface area (Å²) in [6.07, 6.45) is 1.92. The molecule has 5 heteroatoms. The first-order chi connectivity index (χ1) is 10.3. The molecule has 0 bridgehead atoms. The van der Waals surface area contributed by atoms with Crippen LogP contribution >= 0.6 is 22.6 Å². The Labute approximate surface area is 146 Å². The van der Waals surface area contributed by atoms with Gasteiger partial charge in [-0.15, -0.1) is 0 Å². The maximum absolute atomic E-state index is 12.2. The highest BCUT2D eigenvalue weighted by Gasteiger charge is 2.27. The van der Waals surface area contributed by atoms with E-state index in [2.05, 4.69) is 52.2 Å². The first-order valence-corrected chi connectivity index (χ1v) is 8.88. The number of ether oxygens (including phenoxy) is 1. The molecule has 0 spiro atoms. The Morgan fingerprint density at radius 2 is 2.14 bits per heavy atom. The molecule has 22 heavy (non-hydrogen) atoms. The molecule has 1 heterocycles. The molecule has 1 saturated heterocycles. The summed E-state index contributed by atoms with van der Waals surface area (Å²) in [6, 6.07) is 8.70. The van der Waals surface area contributed by atoms with Crippen LogP contribution in [-0.2, 0) is 11.3 Å². The number of nitrogens with one attached hydrogen (secondary N) is 1. The molecule has 0 aromatic heterocycles. The minimum absolute atomic E-state index is 0.201. The van der Waals surface area contributed by atoms with Gasteiger partial charge in [-0.05, 0) is 67.8 Å². The highest BCUT2D eigenvalue weighted by atomic mass is 127. The van der Waals surface area contributed by atoms with Gasteiger partial charge in [0, 0.05) is 29.2 Å². The predicted molar refractivity (Wildman–Crippen MR) is 96.8 cm³/mol. The van der Waals surface area contributed by atoms with Crippen molar-refractivity contribution in [1.29, 1.82) is 0 Å². The van der Waals surface area contributed by atoms with Crippen LogP contribution in [0.15, 0.2) is 24.3 Å². The van der Waals surface area contributed by atoms with Gasteiger partial charge < -0.3 is 15.0 Å². The largest absolute Gasteiger partial charge is 0.444 e. The van der Waals surface area contributed by atoms with Gasteiger partial charge in [-0.1, -0.05) is 18.2 Å². The number of nitrogens with zero attached hydrogens (tertiary/aromatic N) is 1. The molecule has 1 aromatic rings. The quantitative estimate of drug-likeness (QED) is 0.763. The summed E-state index contributed by atoms with van der Waals surface area (Å²) in [5.41, 5.74) is 0.870. The van der Waals surface area contributed by atoms with E-state index >= 15 is 0 Å². The van der Waals surface area contributed by atoms with Gasteiger partial charge in [-0.3, -0.25) is 0 Å². The lowest BCUT2D eigenvalue weighted by molar-refractivity contribution is 0.0187. The first-order valence-electron chi connectivity index (χ1n) is 7.80. The fourth-order valence-corrected chi connectivity index (χ4v) is 3.11. The SMILES string of the molecule is CC(C)(C)OC(=O)N1CCCC(NCc2ccccc2I)C1. The molecule has 1 aliphatic rings. The average Bonchev–Trinajstić information content (AvgIpc) is 2.45. The average molecular weight is 416 g/mol. The van der Waals surface area contributed by atoms with Crippen LogP contribution in [0.2, 0.25) is 0 Å². The summed E-state index contributed by atoms with van der Waals surface area (Å²) in [6.45, 7) is 8.06. The fourth-order valence-electron chi connectivity index (χ4n) is 2.53. The maximum Gasteiger partial charge on any atom is 0.410 e. The summed E-state index contributed by atoms with van der Waals surface area (Å²) in [5, 5.41) is 3.57. The van der Waals surface area contributed by atoms with Gasteiger partial charge in [0.15, 0.2) is 0 Å². The summed E-state index contributed by atoms with van der Waals surface area (Å²) < 4.78 is 6.74. The molecule has 1 fully saturated rings. The third-order valence-corrected chi connectivity index (χ3v) is 4.66. The molecular formula is C17H25IN2O2. The molecule has 122 valence electrons. The van der Waals surface area contributed by atoms with Crippen molar-refractivity contribution >= 4 is 28.7 Å². The number of likely N-dealkylation sites (tertiary alicyclic amines) is 1. The standard InChI is InChI=1S/C17H25IN2O2/c1-17(2,3)22-16(21)20-10-6-8-14(12-20)19-11-13-7-4-5-9-15(13)18/h4-5,7,9,14,19H,6,8,10-12H2,1-3H3. The number of amides is 1. The van der Waals surface area contributed by atoms with Crippen LogP contribution < -0.4 is 5.32 Å². The van der Waals surface area contributed by atoms with E-state index in [4.69, 9.17) is 4.74 Å². The van der Waals surface area contributed by atoms with E-state index in [-0.39, 0.29) is 6.09 Å². The Kier molecular flexibility index (Phi) is 6.09. The predicted octanol–water partition coefficient (Wildman–Crippen LogP) is 3.78. The smallest absolute Gasteiger partial charge is 0.410 e.